The van der Waals surface area contributed by atoms with E-state index in [2.05, 4.69) is 32.7 Å². The number of oxazole rings is 1. The summed E-state index contributed by atoms with van der Waals surface area (Å²) in [4.78, 5) is 10.9. The van der Waals surface area contributed by atoms with Crippen LogP contribution in [-0.2, 0) is 19.5 Å². The molecule has 0 unspecified atom stereocenters. The molecule has 102 valence electrons. The minimum absolute atomic E-state index is 0.683. The number of aromatic nitrogens is 3. The van der Waals surface area contributed by atoms with Crippen molar-refractivity contribution in [2.45, 2.75) is 32.9 Å². The van der Waals surface area contributed by atoms with Gasteiger partial charge in [-0.15, -0.1) is 0 Å². The van der Waals surface area contributed by atoms with Crippen LogP contribution in [-0.4, -0.2) is 33.0 Å². The molecule has 0 spiro atoms. The minimum atomic E-state index is 0.683. The van der Waals surface area contributed by atoms with E-state index in [0.717, 1.165) is 37.7 Å². The second kappa shape index (κ2) is 5.17. The van der Waals surface area contributed by atoms with Gasteiger partial charge in [0.2, 0.25) is 5.89 Å². The summed E-state index contributed by atoms with van der Waals surface area (Å²) in [7, 11) is 2.13. The maximum atomic E-state index is 5.52. The number of hydrogen-bond donors (Lipinski definition) is 0. The summed E-state index contributed by atoms with van der Waals surface area (Å²) < 4.78 is 7.79. The molecule has 3 heterocycles. The molecule has 0 N–H and O–H groups in total. The molecule has 0 bridgehead atoms. The first-order valence-corrected chi connectivity index (χ1v) is 6.80. The summed E-state index contributed by atoms with van der Waals surface area (Å²) in [5.74, 6) is 3.59. The highest BCUT2D eigenvalue weighted by Gasteiger charge is 2.20. The summed E-state index contributed by atoms with van der Waals surface area (Å²) >= 11 is 0. The van der Waals surface area contributed by atoms with Crippen LogP contribution in [0.2, 0.25) is 0 Å². The van der Waals surface area contributed by atoms with Crippen LogP contribution in [0.4, 0.5) is 0 Å². The lowest BCUT2D eigenvalue weighted by Crippen LogP contribution is -2.31. The van der Waals surface area contributed by atoms with Crippen molar-refractivity contribution in [2.75, 3.05) is 13.6 Å². The van der Waals surface area contributed by atoms with Crippen LogP contribution in [0.15, 0.2) is 23.0 Å². The van der Waals surface area contributed by atoms with Crippen molar-refractivity contribution in [1.82, 2.24) is 19.4 Å². The Labute approximate surface area is 113 Å². The van der Waals surface area contributed by atoms with E-state index in [0.29, 0.717) is 5.92 Å². The van der Waals surface area contributed by atoms with Gasteiger partial charge < -0.3 is 8.98 Å². The Morgan fingerprint density at radius 3 is 3.16 bits per heavy atom. The summed E-state index contributed by atoms with van der Waals surface area (Å²) in [6, 6.07) is 0. The van der Waals surface area contributed by atoms with E-state index in [1.165, 1.54) is 12.2 Å². The average Bonchev–Trinajstić information content (AvgIpc) is 2.97. The Kier molecular flexibility index (Phi) is 3.38. The molecule has 0 aromatic carbocycles. The predicted octanol–water partition coefficient (Wildman–Crippen LogP) is 1.87. The van der Waals surface area contributed by atoms with Gasteiger partial charge in [-0.1, -0.05) is 0 Å². The normalized spacial score (nSPS) is 18.8. The molecule has 0 saturated carbocycles. The number of aryl methyl sites for hydroxylation is 2. The molecular weight excluding hydrogens is 240 g/mol. The van der Waals surface area contributed by atoms with Crippen molar-refractivity contribution in [3.8, 4) is 0 Å². The fraction of sp³-hybridized carbons (Fsp3) is 0.571. The SMILES string of the molecule is Cc1cnc(CN(C)C[C@@H]2CCc3nccn3C2)o1. The quantitative estimate of drug-likeness (QED) is 0.842. The fourth-order valence-electron chi connectivity index (χ4n) is 2.80. The largest absolute Gasteiger partial charge is 0.445 e. The second-order valence-corrected chi connectivity index (χ2v) is 5.46. The zero-order chi connectivity index (χ0) is 13.2. The third-order valence-corrected chi connectivity index (χ3v) is 3.68. The summed E-state index contributed by atoms with van der Waals surface area (Å²) in [5.41, 5.74) is 0. The van der Waals surface area contributed by atoms with Gasteiger partial charge in [0.05, 0.1) is 12.7 Å². The standard InChI is InChI=1S/C14H20N4O/c1-11-7-16-14(19-11)10-17(2)8-12-3-4-13-15-5-6-18(13)9-12/h5-7,12H,3-4,8-10H2,1-2H3/t12-/m0/s1. The highest BCUT2D eigenvalue weighted by Crippen LogP contribution is 2.19. The lowest BCUT2D eigenvalue weighted by atomic mass is 9.99. The molecule has 1 atom stereocenters. The van der Waals surface area contributed by atoms with Crippen LogP contribution in [0, 0.1) is 12.8 Å². The van der Waals surface area contributed by atoms with Crippen molar-refractivity contribution >= 4 is 0 Å². The van der Waals surface area contributed by atoms with Crippen LogP contribution in [0.3, 0.4) is 0 Å². The molecule has 0 aliphatic carbocycles. The van der Waals surface area contributed by atoms with E-state index in [4.69, 9.17) is 4.42 Å². The smallest absolute Gasteiger partial charge is 0.208 e. The van der Waals surface area contributed by atoms with E-state index in [1.807, 2.05) is 13.1 Å². The molecule has 3 rings (SSSR count). The number of fused-ring (bicyclic) bond motifs is 1. The first-order chi connectivity index (χ1) is 9.20. The third kappa shape index (κ3) is 2.87. The highest BCUT2D eigenvalue weighted by molar-refractivity contribution is 4.97. The molecule has 0 amide bonds. The lowest BCUT2D eigenvalue weighted by molar-refractivity contribution is 0.213. The van der Waals surface area contributed by atoms with Crippen molar-refractivity contribution in [1.29, 1.82) is 0 Å². The Hall–Kier alpha value is -1.62. The minimum Gasteiger partial charge on any atom is -0.445 e. The zero-order valence-corrected chi connectivity index (χ0v) is 11.5. The van der Waals surface area contributed by atoms with Crippen LogP contribution in [0.5, 0.6) is 0 Å². The molecule has 2 aromatic heterocycles. The lowest BCUT2D eigenvalue weighted by Gasteiger charge is -2.27. The van der Waals surface area contributed by atoms with Crippen molar-refractivity contribution in [2.24, 2.45) is 5.92 Å². The van der Waals surface area contributed by atoms with Crippen LogP contribution in [0.1, 0.15) is 23.9 Å². The molecule has 0 saturated heterocycles. The molecule has 19 heavy (non-hydrogen) atoms. The first-order valence-electron chi connectivity index (χ1n) is 6.80. The molecule has 1 aliphatic heterocycles. The number of rotatable bonds is 4. The maximum absolute atomic E-state index is 5.52. The summed E-state index contributed by atoms with van der Waals surface area (Å²) in [6.45, 7) is 4.85. The van der Waals surface area contributed by atoms with Crippen LogP contribution in [0.25, 0.3) is 0 Å². The number of hydrogen-bond acceptors (Lipinski definition) is 4. The van der Waals surface area contributed by atoms with Gasteiger partial charge in [0, 0.05) is 31.9 Å². The summed E-state index contributed by atoms with van der Waals surface area (Å²) in [6.07, 6.45) is 8.06. The van der Waals surface area contributed by atoms with E-state index >= 15 is 0 Å². The average molecular weight is 260 g/mol. The van der Waals surface area contributed by atoms with Crippen molar-refractivity contribution in [3.05, 3.63) is 36.1 Å². The molecular formula is C14H20N4O. The Morgan fingerprint density at radius 1 is 1.47 bits per heavy atom. The molecule has 1 aliphatic rings. The highest BCUT2D eigenvalue weighted by atomic mass is 16.4. The summed E-state index contributed by atoms with van der Waals surface area (Å²) in [5, 5.41) is 0. The van der Waals surface area contributed by atoms with Gasteiger partial charge in [-0.2, -0.15) is 0 Å². The third-order valence-electron chi connectivity index (χ3n) is 3.68. The monoisotopic (exact) mass is 260 g/mol. The fourth-order valence-corrected chi connectivity index (χ4v) is 2.80. The molecule has 0 radical (unpaired) electrons. The van der Waals surface area contributed by atoms with Gasteiger partial charge in [0.1, 0.15) is 11.6 Å². The van der Waals surface area contributed by atoms with E-state index in [9.17, 15) is 0 Å². The van der Waals surface area contributed by atoms with Crippen LogP contribution < -0.4 is 0 Å². The van der Waals surface area contributed by atoms with Gasteiger partial charge in [0.25, 0.3) is 0 Å². The van der Waals surface area contributed by atoms with Gasteiger partial charge in [-0.3, -0.25) is 4.90 Å². The van der Waals surface area contributed by atoms with E-state index in [1.54, 1.807) is 6.20 Å². The molecule has 0 fully saturated rings. The van der Waals surface area contributed by atoms with Gasteiger partial charge in [-0.25, -0.2) is 9.97 Å². The predicted molar refractivity (Wildman–Crippen MR) is 71.6 cm³/mol. The van der Waals surface area contributed by atoms with Gasteiger partial charge in [0.15, 0.2) is 0 Å². The number of imidazole rings is 1. The molecule has 5 heteroatoms. The van der Waals surface area contributed by atoms with Crippen molar-refractivity contribution in [3.63, 3.8) is 0 Å². The van der Waals surface area contributed by atoms with Gasteiger partial charge in [-0.05, 0) is 26.3 Å². The Morgan fingerprint density at radius 2 is 2.37 bits per heavy atom. The number of nitrogens with zero attached hydrogens (tertiary/aromatic N) is 4. The Balaban J connectivity index is 1.54. The van der Waals surface area contributed by atoms with E-state index in [-0.39, 0.29) is 0 Å². The Bertz CT molecular complexity index is 545. The second-order valence-electron chi connectivity index (χ2n) is 5.46. The van der Waals surface area contributed by atoms with E-state index < -0.39 is 0 Å². The molecule has 5 nitrogen and oxygen atoms in total. The zero-order valence-electron chi connectivity index (χ0n) is 11.5. The van der Waals surface area contributed by atoms with Crippen LogP contribution >= 0.6 is 0 Å². The van der Waals surface area contributed by atoms with Gasteiger partial charge >= 0.3 is 0 Å². The maximum Gasteiger partial charge on any atom is 0.208 e. The van der Waals surface area contributed by atoms with Crippen molar-refractivity contribution < 1.29 is 4.42 Å². The first kappa shape index (κ1) is 12.4. The molecule has 2 aromatic rings. The topological polar surface area (TPSA) is 47.1 Å².